The first-order valence-electron chi connectivity index (χ1n) is 10.1. The fraction of sp³-hybridized carbons (Fsp3) is 0.261. The summed E-state index contributed by atoms with van der Waals surface area (Å²) in [6, 6.07) is 12.5. The van der Waals surface area contributed by atoms with Gasteiger partial charge in [0.05, 0.1) is 23.4 Å². The molecule has 156 valence electrons. The molecule has 31 heavy (non-hydrogen) atoms. The van der Waals surface area contributed by atoms with Crippen molar-refractivity contribution in [2.45, 2.75) is 36.6 Å². The molecule has 0 aliphatic carbocycles. The van der Waals surface area contributed by atoms with E-state index in [0.29, 0.717) is 22.6 Å². The van der Waals surface area contributed by atoms with Gasteiger partial charge in [-0.3, -0.25) is 4.79 Å². The van der Waals surface area contributed by atoms with Gasteiger partial charge in [-0.25, -0.2) is 13.7 Å². The molecule has 0 bridgehead atoms. The predicted molar refractivity (Wildman–Crippen MR) is 120 cm³/mol. The monoisotopic (exact) mass is 450 g/mol. The average Bonchev–Trinajstić information content (AvgIpc) is 3.18. The molecule has 3 heterocycles. The predicted octanol–water partition coefficient (Wildman–Crippen LogP) is 5.23. The Hall–Kier alpha value is -2.73. The molecule has 1 aromatic heterocycles. The number of carbonyl (C=O) groups excluding carboxylic acids is 1. The molecule has 2 aliphatic heterocycles. The van der Waals surface area contributed by atoms with E-state index < -0.39 is 5.82 Å². The summed E-state index contributed by atoms with van der Waals surface area (Å²) in [7, 11) is 0. The fourth-order valence-electron chi connectivity index (χ4n) is 3.96. The standard InChI is InChI=1S/C23H19FN4OS2/c24-18-10-15(12-25)4-6-17(18)23-26-13-16(30-23)9-14-5-7-21-19(11-14)27-22(29)20-3-1-2-8-28(20)31-21/h4-7,10-11,13,20H,1-3,8-9H2,(H,27,29). The van der Waals surface area contributed by atoms with Crippen LogP contribution in [0.2, 0.25) is 0 Å². The van der Waals surface area contributed by atoms with Crippen LogP contribution in [0.4, 0.5) is 10.1 Å². The molecule has 8 heteroatoms. The first-order valence-corrected chi connectivity index (χ1v) is 11.7. The molecule has 1 N–H and O–H groups in total. The highest BCUT2D eigenvalue weighted by molar-refractivity contribution is 7.97. The maximum Gasteiger partial charge on any atom is 0.242 e. The number of nitriles is 1. The zero-order valence-electron chi connectivity index (χ0n) is 16.6. The number of rotatable bonds is 3. The number of benzene rings is 2. The van der Waals surface area contributed by atoms with Gasteiger partial charge in [-0.1, -0.05) is 12.5 Å². The number of nitrogens with one attached hydrogen (secondary N) is 1. The number of thiazole rings is 1. The lowest BCUT2D eigenvalue weighted by Crippen LogP contribution is -2.41. The molecule has 2 aliphatic rings. The summed E-state index contributed by atoms with van der Waals surface area (Å²) in [5.41, 5.74) is 2.61. The quantitative estimate of drug-likeness (QED) is 0.554. The van der Waals surface area contributed by atoms with Crippen molar-refractivity contribution in [1.82, 2.24) is 9.29 Å². The Bertz CT molecular complexity index is 1200. The summed E-state index contributed by atoms with van der Waals surface area (Å²) in [5.74, 6) is -0.374. The van der Waals surface area contributed by atoms with Crippen molar-refractivity contribution < 1.29 is 9.18 Å². The number of nitrogens with zero attached hydrogens (tertiary/aromatic N) is 3. The van der Waals surface area contributed by atoms with Gasteiger partial charge in [0.2, 0.25) is 5.91 Å². The van der Waals surface area contributed by atoms with Crippen molar-refractivity contribution in [2.24, 2.45) is 0 Å². The van der Waals surface area contributed by atoms with E-state index in [9.17, 15) is 9.18 Å². The summed E-state index contributed by atoms with van der Waals surface area (Å²) in [6.45, 7) is 0.930. The van der Waals surface area contributed by atoms with Gasteiger partial charge in [-0.2, -0.15) is 5.26 Å². The lowest BCUT2D eigenvalue weighted by Gasteiger charge is -2.30. The zero-order chi connectivity index (χ0) is 21.4. The van der Waals surface area contributed by atoms with E-state index in [1.807, 2.05) is 12.1 Å². The van der Waals surface area contributed by atoms with Gasteiger partial charge in [-0.15, -0.1) is 11.3 Å². The third-order valence-corrected chi connectivity index (χ3v) is 7.79. The van der Waals surface area contributed by atoms with Gasteiger partial charge in [0.1, 0.15) is 10.8 Å². The molecule has 3 aromatic rings. The van der Waals surface area contributed by atoms with Crippen LogP contribution in [0, 0.1) is 17.1 Å². The van der Waals surface area contributed by atoms with Crippen molar-refractivity contribution in [3.63, 3.8) is 0 Å². The number of amides is 1. The number of fused-ring (bicyclic) bond motifs is 2. The first-order chi connectivity index (χ1) is 15.1. The Labute approximate surface area is 188 Å². The fourth-order valence-corrected chi connectivity index (χ4v) is 6.07. The molecule has 0 radical (unpaired) electrons. The van der Waals surface area contributed by atoms with Crippen LogP contribution >= 0.6 is 23.3 Å². The number of carbonyl (C=O) groups is 1. The van der Waals surface area contributed by atoms with E-state index in [1.54, 1.807) is 30.3 Å². The summed E-state index contributed by atoms with van der Waals surface area (Å²) in [4.78, 5) is 19.1. The largest absolute Gasteiger partial charge is 0.324 e. The first kappa shape index (κ1) is 20.2. The minimum Gasteiger partial charge on any atom is -0.324 e. The third-order valence-electron chi connectivity index (χ3n) is 5.53. The summed E-state index contributed by atoms with van der Waals surface area (Å²) >= 11 is 3.09. The van der Waals surface area contributed by atoms with Gasteiger partial charge in [0, 0.05) is 34.5 Å². The second-order valence-corrected chi connectivity index (χ2v) is 9.88. The minimum atomic E-state index is -0.443. The van der Waals surface area contributed by atoms with E-state index in [2.05, 4.69) is 26.7 Å². The number of hydrogen-bond donors (Lipinski definition) is 1. The van der Waals surface area contributed by atoms with Crippen LogP contribution in [0.5, 0.6) is 0 Å². The van der Waals surface area contributed by atoms with Crippen LogP contribution in [-0.4, -0.2) is 27.8 Å². The SMILES string of the molecule is N#Cc1ccc(-c2ncc(Cc3ccc4c(c3)NC(=O)C3CCCCN3S4)s2)c(F)c1. The zero-order valence-corrected chi connectivity index (χ0v) is 18.2. The van der Waals surface area contributed by atoms with Crippen molar-refractivity contribution in [2.75, 3.05) is 11.9 Å². The van der Waals surface area contributed by atoms with E-state index >= 15 is 0 Å². The third kappa shape index (κ3) is 4.09. The van der Waals surface area contributed by atoms with Gasteiger partial charge in [0.25, 0.3) is 0 Å². The van der Waals surface area contributed by atoms with Crippen LogP contribution in [0.3, 0.4) is 0 Å². The molecular formula is C23H19FN4OS2. The topological polar surface area (TPSA) is 69.0 Å². The van der Waals surface area contributed by atoms with Gasteiger partial charge in [0.15, 0.2) is 0 Å². The second kappa shape index (κ2) is 8.42. The summed E-state index contributed by atoms with van der Waals surface area (Å²) in [5, 5.41) is 12.6. The minimum absolute atomic E-state index is 0.0685. The van der Waals surface area contributed by atoms with E-state index in [-0.39, 0.29) is 11.9 Å². The van der Waals surface area contributed by atoms with E-state index in [1.165, 1.54) is 17.4 Å². The Balaban J connectivity index is 1.36. The van der Waals surface area contributed by atoms with E-state index in [0.717, 1.165) is 46.8 Å². The van der Waals surface area contributed by atoms with Crippen LogP contribution in [-0.2, 0) is 11.2 Å². The van der Waals surface area contributed by atoms with Gasteiger partial charge in [-0.05, 0) is 60.7 Å². The van der Waals surface area contributed by atoms with Crippen molar-refractivity contribution >= 4 is 34.9 Å². The van der Waals surface area contributed by atoms with Crippen LogP contribution in [0.15, 0.2) is 47.5 Å². The Morgan fingerprint density at radius 2 is 2.16 bits per heavy atom. The number of halogens is 1. The lowest BCUT2D eigenvalue weighted by atomic mass is 10.0. The molecule has 1 fully saturated rings. The number of aromatic nitrogens is 1. The number of piperidine rings is 1. The second-order valence-electron chi connectivity index (χ2n) is 7.68. The Kier molecular flexibility index (Phi) is 5.48. The van der Waals surface area contributed by atoms with Gasteiger partial charge >= 0.3 is 0 Å². The highest BCUT2D eigenvalue weighted by Gasteiger charge is 2.33. The van der Waals surface area contributed by atoms with Crippen LogP contribution in [0.1, 0.15) is 35.3 Å². The van der Waals surface area contributed by atoms with Crippen molar-refractivity contribution in [1.29, 1.82) is 5.26 Å². The Morgan fingerprint density at radius 1 is 1.26 bits per heavy atom. The maximum absolute atomic E-state index is 14.3. The molecule has 1 unspecified atom stereocenters. The van der Waals surface area contributed by atoms with Crippen LogP contribution < -0.4 is 5.32 Å². The van der Waals surface area contributed by atoms with Gasteiger partial charge < -0.3 is 5.32 Å². The molecule has 0 saturated carbocycles. The Morgan fingerprint density at radius 3 is 3.00 bits per heavy atom. The molecule has 1 amide bonds. The number of anilines is 1. The molecular weight excluding hydrogens is 431 g/mol. The molecule has 1 atom stereocenters. The molecule has 5 nitrogen and oxygen atoms in total. The normalized spacial score (nSPS) is 18.5. The summed E-state index contributed by atoms with van der Waals surface area (Å²) in [6.07, 6.45) is 5.52. The highest BCUT2D eigenvalue weighted by Crippen LogP contribution is 2.39. The van der Waals surface area contributed by atoms with Crippen molar-refractivity contribution in [3.8, 4) is 16.6 Å². The summed E-state index contributed by atoms with van der Waals surface area (Å²) < 4.78 is 16.5. The smallest absolute Gasteiger partial charge is 0.242 e. The highest BCUT2D eigenvalue weighted by atomic mass is 32.2. The van der Waals surface area contributed by atoms with E-state index in [4.69, 9.17) is 5.26 Å². The maximum atomic E-state index is 14.3. The molecule has 0 spiro atoms. The number of hydrogen-bond acceptors (Lipinski definition) is 6. The van der Waals surface area contributed by atoms with Crippen LogP contribution in [0.25, 0.3) is 10.6 Å². The average molecular weight is 451 g/mol. The molecule has 5 rings (SSSR count). The molecule has 1 saturated heterocycles. The molecule has 2 aromatic carbocycles. The lowest BCUT2D eigenvalue weighted by molar-refractivity contribution is -0.120. The van der Waals surface area contributed by atoms with Crippen molar-refractivity contribution in [3.05, 3.63) is 64.4 Å².